The first-order chi connectivity index (χ1) is 13.2. The predicted molar refractivity (Wildman–Crippen MR) is 99.6 cm³/mol. The van der Waals surface area contributed by atoms with E-state index in [1.165, 1.54) is 0 Å². The number of ether oxygens (including phenoxy) is 2. The smallest absolute Gasteiger partial charge is 0.252 e. The lowest BCUT2D eigenvalue weighted by Crippen LogP contribution is -2.45. The molecule has 0 saturated carbocycles. The second kappa shape index (κ2) is 7.70. The van der Waals surface area contributed by atoms with E-state index in [4.69, 9.17) is 9.47 Å². The summed E-state index contributed by atoms with van der Waals surface area (Å²) in [6, 6.07) is 13.7. The second-order valence-corrected chi connectivity index (χ2v) is 6.77. The molecule has 1 saturated heterocycles. The molecular weight excluding hydrogens is 344 g/mol. The number of amides is 2. The molecule has 2 amide bonds. The number of hydrogen-bond acceptors (Lipinski definition) is 4. The zero-order valence-corrected chi connectivity index (χ0v) is 15.0. The third kappa shape index (κ3) is 3.74. The Morgan fingerprint density at radius 1 is 0.926 bits per heavy atom. The summed E-state index contributed by atoms with van der Waals surface area (Å²) in [6.45, 7) is 1.63. The van der Waals surface area contributed by atoms with Crippen molar-refractivity contribution >= 4 is 11.8 Å². The normalized spacial score (nSPS) is 16.7. The van der Waals surface area contributed by atoms with Gasteiger partial charge in [-0.15, -0.1) is 0 Å². The molecule has 1 atom stereocenters. The Labute approximate surface area is 158 Å². The summed E-state index contributed by atoms with van der Waals surface area (Å²) in [7, 11) is 0. The predicted octanol–water partition coefficient (Wildman–Crippen LogP) is 2.90. The van der Waals surface area contributed by atoms with Crippen molar-refractivity contribution in [2.24, 2.45) is 0 Å². The van der Waals surface area contributed by atoms with Crippen LogP contribution in [0.1, 0.15) is 41.2 Å². The summed E-state index contributed by atoms with van der Waals surface area (Å²) in [6.07, 6.45) is 3.15. The molecule has 2 heterocycles. The zero-order chi connectivity index (χ0) is 18.6. The maximum absolute atomic E-state index is 13.1. The zero-order valence-electron chi connectivity index (χ0n) is 15.0. The number of nitrogens with zero attached hydrogens (tertiary/aromatic N) is 1. The highest BCUT2D eigenvalue weighted by Gasteiger charge is 2.29. The lowest BCUT2D eigenvalue weighted by molar-refractivity contribution is -0.134. The van der Waals surface area contributed by atoms with Gasteiger partial charge in [-0.25, -0.2) is 0 Å². The molecule has 2 aliphatic heterocycles. The van der Waals surface area contributed by atoms with Gasteiger partial charge in [0.25, 0.3) is 5.91 Å². The Balaban J connectivity index is 1.57. The number of carbonyl (C=O) groups excluding carboxylic acids is 2. The number of benzene rings is 2. The second-order valence-electron chi connectivity index (χ2n) is 6.77. The number of fused-ring (bicyclic) bond motifs is 1. The van der Waals surface area contributed by atoms with Gasteiger partial charge >= 0.3 is 0 Å². The highest BCUT2D eigenvalue weighted by Crippen LogP contribution is 2.32. The van der Waals surface area contributed by atoms with Gasteiger partial charge in [0.05, 0.1) is 0 Å². The molecule has 0 spiro atoms. The Bertz CT molecular complexity index is 831. The Morgan fingerprint density at radius 2 is 1.67 bits per heavy atom. The fourth-order valence-electron chi connectivity index (χ4n) is 3.48. The molecule has 1 fully saturated rings. The molecule has 2 aliphatic rings. The number of nitrogens with one attached hydrogen (secondary N) is 1. The topological polar surface area (TPSA) is 67.9 Å². The molecule has 2 aromatic carbocycles. The van der Waals surface area contributed by atoms with Crippen molar-refractivity contribution in [3.63, 3.8) is 0 Å². The summed E-state index contributed by atoms with van der Waals surface area (Å²) >= 11 is 0. The van der Waals surface area contributed by atoms with Gasteiger partial charge in [0, 0.05) is 18.7 Å². The third-order valence-electron chi connectivity index (χ3n) is 4.96. The van der Waals surface area contributed by atoms with Gasteiger partial charge in [0.2, 0.25) is 12.7 Å². The fraction of sp³-hybridized carbons (Fsp3) is 0.333. The average molecular weight is 366 g/mol. The molecule has 0 bridgehead atoms. The van der Waals surface area contributed by atoms with Gasteiger partial charge in [-0.05, 0) is 43.0 Å². The number of likely N-dealkylation sites (tertiary alicyclic amines) is 1. The minimum absolute atomic E-state index is 0.0602. The van der Waals surface area contributed by atoms with Crippen molar-refractivity contribution in [2.75, 3.05) is 19.9 Å². The van der Waals surface area contributed by atoms with E-state index in [0.29, 0.717) is 17.1 Å². The SMILES string of the molecule is O=C(N[C@H](C(=O)N1CCCCC1)c1ccccc1)c1ccc2c(c1)OCO2. The van der Waals surface area contributed by atoms with Crippen molar-refractivity contribution < 1.29 is 19.1 Å². The highest BCUT2D eigenvalue weighted by atomic mass is 16.7. The number of hydrogen-bond donors (Lipinski definition) is 1. The number of carbonyl (C=O) groups is 2. The number of piperidine rings is 1. The van der Waals surface area contributed by atoms with E-state index in [-0.39, 0.29) is 18.6 Å². The Kier molecular flexibility index (Phi) is 4.96. The quantitative estimate of drug-likeness (QED) is 0.903. The third-order valence-corrected chi connectivity index (χ3v) is 4.96. The molecule has 27 heavy (non-hydrogen) atoms. The first-order valence-electron chi connectivity index (χ1n) is 9.26. The summed E-state index contributed by atoms with van der Waals surface area (Å²) < 4.78 is 10.6. The van der Waals surface area contributed by atoms with Gasteiger partial charge in [0.1, 0.15) is 6.04 Å². The van der Waals surface area contributed by atoms with Crippen LogP contribution in [0.25, 0.3) is 0 Å². The lowest BCUT2D eigenvalue weighted by atomic mass is 10.0. The van der Waals surface area contributed by atoms with E-state index < -0.39 is 6.04 Å². The van der Waals surface area contributed by atoms with Gasteiger partial charge in [-0.1, -0.05) is 30.3 Å². The van der Waals surface area contributed by atoms with Crippen LogP contribution < -0.4 is 14.8 Å². The van der Waals surface area contributed by atoms with Crippen LogP contribution in [0, 0.1) is 0 Å². The molecule has 1 N–H and O–H groups in total. The molecule has 2 aromatic rings. The molecule has 140 valence electrons. The minimum Gasteiger partial charge on any atom is -0.454 e. The van der Waals surface area contributed by atoms with E-state index in [1.807, 2.05) is 35.2 Å². The summed E-state index contributed by atoms with van der Waals surface area (Å²) in [4.78, 5) is 27.8. The van der Waals surface area contributed by atoms with Crippen LogP contribution in [0.5, 0.6) is 11.5 Å². The Hall–Kier alpha value is -3.02. The molecule has 0 unspecified atom stereocenters. The van der Waals surface area contributed by atoms with Gasteiger partial charge in [-0.2, -0.15) is 0 Å². The van der Waals surface area contributed by atoms with Crippen LogP contribution in [0.4, 0.5) is 0 Å². The first-order valence-corrected chi connectivity index (χ1v) is 9.26. The van der Waals surface area contributed by atoms with Crippen molar-refractivity contribution in [2.45, 2.75) is 25.3 Å². The molecule has 6 nitrogen and oxygen atoms in total. The lowest BCUT2D eigenvalue weighted by Gasteiger charge is -2.31. The fourth-order valence-corrected chi connectivity index (χ4v) is 3.48. The van der Waals surface area contributed by atoms with Crippen molar-refractivity contribution in [1.82, 2.24) is 10.2 Å². The largest absolute Gasteiger partial charge is 0.454 e. The van der Waals surface area contributed by atoms with Crippen LogP contribution in [0.3, 0.4) is 0 Å². The summed E-state index contributed by atoms with van der Waals surface area (Å²) in [5, 5.41) is 2.91. The van der Waals surface area contributed by atoms with Crippen LogP contribution in [0.2, 0.25) is 0 Å². The van der Waals surface area contributed by atoms with E-state index in [1.54, 1.807) is 18.2 Å². The van der Waals surface area contributed by atoms with Gasteiger partial charge < -0.3 is 19.7 Å². The van der Waals surface area contributed by atoms with Gasteiger partial charge in [0.15, 0.2) is 11.5 Å². The maximum Gasteiger partial charge on any atom is 0.252 e. The summed E-state index contributed by atoms with van der Waals surface area (Å²) in [5.74, 6) is 0.791. The van der Waals surface area contributed by atoms with E-state index in [2.05, 4.69) is 5.32 Å². The molecule has 0 aliphatic carbocycles. The van der Waals surface area contributed by atoms with E-state index >= 15 is 0 Å². The molecule has 4 rings (SSSR count). The summed E-state index contributed by atoms with van der Waals surface area (Å²) in [5.41, 5.74) is 1.22. The van der Waals surface area contributed by atoms with Crippen LogP contribution in [0.15, 0.2) is 48.5 Å². The first kappa shape index (κ1) is 17.4. The minimum atomic E-state index is -0.706. The molecule has 0 radical (unpaired) electrons. The molecule has 0 aromatic heterocycles. The van der Waals surface area contributed by atoms with Crippen molar-refractivity contribution in [3.05, 3.63) is 59.7 Å². The monoisotopic (exact) mass is 366 g/mol. The highest BCUT2D eigenvalue weighted by molar-refractivity contribution is 5.98. The Morgan fingerprint density at radius 3 is 2.44 bits per heavy atom. The van der Waals surface area contributed by atoms with Crippen molar-refractivity contribution in [1.29, 1.82) is 0 Å². The van der Waals surface area contributed by atoms with Crippen LogP contribution in [-0.2, 0) is 4.79 Å². The number of rotatable bonds is 4. The van der Waals surface area contributed by atoms with E-state index in [9.17, 15) is 9.59 Å². The maximum atomic E-state index is 13.1. The standard InChI is InChI=1S/C21H22N2O4/c24-20(16-9-10-17-18(13-16)27-14-26-17)22-19(15-7-3-1-4-8-15)21(25)23-11-5-2-6-12-23/h1,3-4,7-10,13,19H,2,5-6,11-12,14H2,(H,22,24)/t19-/m0/s1. The van der Waals surface area contributed by atoms with Crippen LogP contribution >= 0.6 is 0 Å². The average Bonchev–Trinajstić information content (AvgIpc) is 3.20. The van der Waals surface area contributed by atoms with Gasteiger partial charge in [-0.3, -0.25) is 9.59 Å². The molecule has 6 heteroatoms. The van der Waals surface area contributed by atoms with E-state index in [0.717, 1.165) is 37.9 Å². The van der Waals surface area contributed by atoms with Crippen LogP contribution in [-0.4, -0.2) is 36.6 Å². The van der Waals surface area contributed by atoms with Crippen molar-refractivity contribution in [3.8, 4) is 11.5 Å². The molecular formula is C21H22N2O4.